The van der Waals surface area contributed by atoms with Crippen molar-refractivity contribution in [2.45, 2.75) is 65.3 Å². The van der Waals surface area contributed by atoms with Gasteiger partial charge in [-0.2, -0.15) is 0 Å². The first-order chi connectivity index (χ1) is 11.2. The molecule has 0 saturated heterocycles. The van der Waals surface area contributed by atoms with Crippen molar-refractivity contribution in [3.05, 3.63) is 39.7 Å². The summed E-state index contributed by atoms with van der Waals surface area (Å²) < 4.78 is 5.54. The summed E-state index contributed by atoms with van der Waals surface area (Å²) in [6.45, 7) is 11.3. The monoisotopic (exact) mass is 327 g/mol. The Morgan fingerprint density at radius 1 is 1.29 bits per heavy atom. The summed E-state index contributed by atoms with van der Waals surface area (Å²) in [6, 6.07) is 6.01. The molecule has 1 unspecified atom stereocenters. The van der Waals surface area contributed by atoms with Gasteiger partial charge in [0.1, 0.15) is 5.58 Å². The van der Waals surface area contributed by atoms with Crippen LogP contribution < -0.4 is 10.5 Å². The van der Waals surface area contributed by atoms with Crippen LogP contribution in [-0.2, 0) is 6.42 Å². The van der Waals surface area contributed by atoms with Crippen LogP contribution in [0.15, 0.2) is 27.4 Å². The molecule has 130 valence electrons. The molecule has 1 aliphatic heterocycles. The molecule has 0 aliphatic carbocycles. The molecule has 3 rings (SSSR count). The highest BCUT2D eigenvalue weighted by atomic mass is 16.4. The number of fused-ring (bicyclic) bond motifs is 2. The summed E-state index contributed by atoms with van der Waals surface area (Å²) in [5.74, 6) is 1.12. The van der Waals surface area contributed by atoms with Gasteiger partial charge in [0.05, 0.1) is 0 Å². The molecule has 0 radical (unpaired) electrons. The maximum atomic E-state index is 12.0. The van der Waals surface area contributed by atoms with E-state index in [9.17, 15) is 4.79 Å². The second-order valence-electron chi connectivity index (χ2n) is 8.41. The third-order valence-corrected chi connectivity index (χ3v) is 5.57. The van der Waals surface area contributed by atoms with Gasteiger partial charge in [-0.3, -0.25) is 0 Å². The fourth-order valence-corrected chi connectivity index (χ4v) is 3.94. The summed E-state index contributed by atoms with van der Waals surface area (Å²) >= 11 is 0. The Balaban J connectivity index is 2.18. The van der Waals surface area contributed by atoms with Gasteiger partial charge in [-0.05, 0) is 62.1 Å². The van der Waals surface area contributed by atoms with Crippen LogP contribution in [0.1, 0.15) is 64.5 Å². The van der Waals surface area contributed by atoms with Crippen molar-refractivity contribution in [3.63, 3.8) is 0 Å². The summed E-state index contributed by atoms with van der Waals surface area (Å²) in [7, 11) is 2.14. The van der Waals surface area contributed by atoms with Crippen LogP contribution in [0, 0.1) is 5.92 Å². The Labute approximate surface area is 144 Å². The molecular weight excluding hydrogens is 298 g/mol. The van der Waals surface area contributed by atoms with Crippen LogP contribution >= 0.6 is 0 Å². The normalized spacial score (nSPS) is 19.8. The highest BCUT2D eigenvalue weighted by molar-refractivity contribution is 5.86. The predicted molar refractivity (Wildman–Crippen MR) is 101 cm³/mol. The number of anilines is 1. The minimum atomic E-state index is -0.244. The Morgan fingerprint density at radius 2 is 2.00 bits per heavy atom. The molecule has 0 spiro atoms. The molecule has 0 saturated carbocycles. The van der Waals surface area contributed by atoms with Gasteiger partial charge in [0.15, 0.2) is 0 Å². The maximum Gasteiger partial charge on any atom is 0.336 e. The molecule has 1 atom stereocenters. The summed E-state index contributed by atoms with van der Waals surface area (Å²) in [6.07, 6.45) is 3.13. The number of rotatable bonds is 3. The molecule has 24 heavy (non-hydrogen) atoms. The number of aryl methyl sites for hydroxylation is 1. The Kier molecular flexibility index (Phi) is 4.23. The molecule has 1 aliphatic rings. The molecule has 2 aromatic rings. The minimum absolute atomic E-state index is 0.107. The van der Waals surface area contributed by atoms with Crippen molar-refractivity contribution in [1.82, 2.24) is 0 Å². The van der Waals surface area contributed by atoms with Gasteiger partial charge < -0.3 is 9.32 Å². The van der Waals surface area contributed by atoms with Crippen LogP contribution in [0.4, 0.5) is 5.69 Å². The first-order valence-corrected chi connectivity index (χ1v) is 9.03. The van der Waals surface area contributed by atoms with Gasteiger partial charge in [0, 0.05) is 35.8 Å². The standard InChI is InChI=1S/C21H29NO2/c1-13(2)7-8-15-9-20(23)24-19-11-18-16(10-17(15)19)14(3)12-21(4,5)22(18)6/h9-11,13-14H,7-8,12H2,1-6H3. The van der Waals surface area contributed by atoms with E-state index in [2.05, 4.69) is 58.7 Å². The fourth-order valence-electron chi connectivity index (χ4n) is 3.94. The Hall–Kier alpha value is -1.77. The van der Waals surface area contributed by atoms with Crippen molar-refractivity contribution < 1.29 is 4.42 Å². The van der Waals surface area contributed by atoms with Crippen LogP contribution in [0.5, 0.6) is 0 Å². The SMILES string of the molecule is CC(C)CCc1cc(=O)oc2cc3c(cc12)C(C)CC(C)(C)N3C. The van der Waals surface area contributed by atoms with Gasteiger partial charge in [0.25, 0.3) is 0 Å². The number of benzene rings is 1. The summed E-state index contributed by atoms with van der Waals surface area (Å²) in [5.41, 5.74) is 4.26. The molecule has 0 bridgehead atoms. The van der Waals surface area contributed by atoms with E-state index in [1.165, 1.54) is 11.3 Å². The maximum absolute atomic E-state index is 12.0. The molecule has 1 aromatic carbocycles. The molecule has 3 nitrogen and oxygen atoms in total. The van der Waals surface area contributed by atoms with Crippen LogP contribution in [0.2, 0.25) is 0 Å². The lowest BCUT2D eigenvalue weighted by molar-refractivity contribution is 0.395. The lowest BCUT2D eigenvalue weighted by atomic mass is 9.80. The molecule has 0 fully saturated rings. The second-order valence-corrected chi connectivity index (χ2v) is 8.41. The van der Waals surface area contributed by atoms with Gasteiger partial charge in [0.2, 0.25) is 0 Å². The lowest BCUT2D eigenvalue weighted by Crippen LogP contribution is -2.45. The van der Waals surface area contributed by atoms with Crippen molar-refractivity contribution in [1.29, 1.82) is 0 Å². The quantitative estimate of drug-likeness (QED) is 0.735. The topological polar surface area (TPSA) is 33.5 Å². The predicted octanol–water partition coefficient (Wildman–Crippen LogP) is 5.10. The zero-order valence-corrected chi connectivity index (χ0v) is 15.8. The van der Waals surface area contributed by atoms with E-state index in [1.54, 1.807) is 6.07 Å². The smallest absolute Gasteiger partial charge is 0.336 e. The highest BCUT2D eigenvalue weighted by Crippen LogP contribution is 2.44. The van der Waals surface area contributed by atoms with Gasteiger partial charge in [-0.25, -0.2) is 4.79 Å². The van der Waals surface area contributed by atoms with E-state index >= 15 is 0 Å². The molecule has 1 aromatic heterocycles. The lowest BCUT2D eigenvalue weighted by Gasteiger charge is -2.45. The van der Waals surface area contributed by atoms with E-state index in [1.807, 2.05) is 0 Å². The zero-order chi connectivity index (χ0) is 17.6. The van der Waals surface area contributed by atoms with E-state index in [0.29, 0.717) is 11.8 Å². The average Bonchev–Trinajstić information content (AvgIpc) is 2.48. The van der Waals surface area contributed by atoms with Crippen LogP contribution in [-0.4, -0.2) is 12.6 Å². The van der Waals surface area contributed by atoms with Crippen molar-refractivity contribution in [2.75, 3.05) is 11.9 Å². The molecule has 2 heterocycles. The van der Waals surface area contributed by atoms with Gasteiger partial charge in [-0.1, -0.05) is 20.8 Å². The molecular formula is C21H29NO2. The number of nitrogens with zero attached hydrogens (tertiary/aromatic N) is 1. The highest BCUT2D eigenvalue weighted by Gasteiger charge is 2.34. The largest absolute Gasteiger partial charge is 0.423 e. The number of hydrogen-bond acceptors (Lipinski definition) is 3. The van der Waals surface area contributed by atoms with E-state index < -0.39 is 0 Å². The van der Waals surface area contributed by atoms with Crippen LogP contribution in [0.25, 0.3) is 11.0 Å². The van der Waals surface area contributed by atoms with E-state index in [4.69, 9.17) is 4.42 Å². The minimum Gasteiger partial charge on any atom is -0.423 e. The molecule has 3 heteroatoms. The van der Waals surface area contributed by atoms with Crippen molar-refractivity contribution in [2.24, 2.45) is 5.92 Å². The van der Waals surface area contributed by atoms with Gasteiger partial charge in [-0.15, -0.1) is 0 Å². The number of hydrogen-bond donors (Lipinski definition) is 0. The molecule has 0 N–H and O–H groups in total. The summed E-state index contributed by atoms with van der Waals surface area (Å²) in [4.78, 5) is 14.3. The first-order valence-electron chi connectivity index (χ1n) is 9.03. The first kappa shape index (κ1) is 17.1. The second kappa shape index (κ2) is 5.94. The third-order valence-electron chi connectivity index (χ3n) is 5.57. The van der Waals surface area contributed by atoms with E-state index in [0.717, 1.165) is 35.8 Å². The Morgan fingerprint density at radius 3 is 2.67 bits per heavy atom. The Bertz CT molecular complexity index is 816. The fraction of sp³-hybridized carbons (Fsp3) is 0.571. The third kappa shape index (κ3) is 2.97. The van der Waals surface area contributed by atoms with Gasteiger partial charge >= 0.3 is 5.63 Å². The average molecular weight is 327 g/mol. The summed E-state index contributed by atoms with van der Waals surface area (Å²) in [5, 5.41) is 1.11. The van der Waals surface area contributed by atoms with Crippen molar-refractivity contribution >= 4 is 16.7 Å². The molecule has 0 amide bonds. The van der Waals surface area contributed by atoms with Crippen molar-refractivity contribution in [3.8, 4) is 0 Å². The van der Waals surface area contributed by atoms with E-state index in [-0.39, 0.29) is 11.2 Å². The van der Waals surface area contributed by atoms with Crippen LogP contribution in [0.3, 0.4) is 0 Å². The zero-order valence-electron chi connectivity index (χ0n) is 15.8.